The van der Waals surface area contributed by atoms with E-state index in [0.29, 0.717) is 11.6 Å². The maximum atomic E-state index is 12.2. The molecule has 0 radical (unpaired) electrons. The van der Waals surface area contributed by atoms with Gasteiger partial charge in [-0.25, -0.2) is 0 Å². The standard InChI is InChI=1S/C16H22N2O2/c1-3-5-14(4-2)17-15-6-9-18(10-7-15)16(19)13-8-11-20-12-13/h2,8,11-12,14-15,17H,3,5-7,9-10H2,1H3/t14-/m1/s1. The van der Waals surface area contributed by atoms with Gasteiger partial charge in [0.25, 0.3) is 5.91 Å². The lowest BCUT2D eigenvalue weighted by Gasteiger charge is -2.33. The maximum Gasteiger partial charge on any atom is 0.257 e. The molecule has 1 amide bonds. The maximum absolute atomic E-state index is 12.2. The topological polar surface area (TPSA) is 45.5 Å². The summed E-state index contributed by atoms with van der Waals surface area (Å²) >= 11 is 0. The number of hydrogen-bond acceptors (Lipinski definition) is 3. The third kappa shape index (κ3) is 3.64. The van der Waals surface area contributed by atoms with Crippen molar-refractivity contribution in [2.75, 3.05) is 13.1 Å². The van der Waals surface area contributed by atoms with Crippen molar-refractivity contribution in [3.05, 3.63) is 24.2 Å². The van der Waals surface area contributed by atoms with E-state index in [2.05, 4.69) is 18.2 Å². The van der Waals surface area contributed by atoms with Crippen molar-refractivity contribution in [2.24, 2.45) is 0 Å². The molecule has 108 valence electrons. The van der Waals surface area contributed by atoms with E-state index in [4.69, 9.17) is 10.8 Å². The minimum Gasteiger partial charge on any atom is -0.472 e. The predicted octanol–water partition coefficient (Wildman–Crippen LogP) is 2.28. The largest absolute Gasteiger partial charge is 0.472 e. The van der Waals surface area contributed by atoms with Crippen LogP contribution in [0.4, 0.5) is 0 Å². The molecular weight excluding hydrogens is 252 g/mol. The van der Waals surface area contributed by atoms with Gasteiger partial charge in [0.15, 0.2) is 0 Å². The van der Waals surface area contributed by atoms with E-state index in [1.165, 1.54) is 12.5 Å². The van der Waals surface area contributed by atoms with Crippen LogP contribution in [0.3, 0.4) is 0 Å². The summed E-state index contributed by atoms with van der Waals surface area (Å²) in [5.41, 5.74) is 0.629. The van der Waals surface area contributed by atoms with Gasteiger partial charge in [-0.2, -0.15) is 0 Å². The Morgan fingerprint density at radius 1 is 1.60 bits per heavy atom. The monoisotopic (exact) mass is 274 g/mol. The quantitative estimate of drug-likeness (QED) is 0.838. The molecule has 1 saturated heterocycles. The minimum atomic E-state index is 0.0549. The van der Waals surface area contributed by atoms with E-state index in [9.17, 15) is 4.79 Å². The summed E-state index contributed by atoms with van der Waals surface area (Å²) in [7, 11) is 0. The highest BCUT2D eigenvalue weighted by atomic mass is 16.3. The molecule has 1 aromatic heterocycles. The molecule has 1 aliphatic rings. The van der Waals surface area contributed by atoms with Crippen molar-refractivity contribution in [2.45, 2.75) is 44.7 Å². The molecule has 0 bridgehead atoms. The highest BCUT2D eigenvalue weighted by Crippen LogP contribution is 2.15. The van der Waals surface area contributed by atoms with E-state index >= 15 is 0 Å². The van der Waals surface area contributed by atoms with Crippen LogP contribution in [0.5, 0.6) is 0 Å². The molecule has 1 N–H and O–H groups in total. The lowest BCUT2D eigenvalue weighted by atomic mass is 10.0. The van der Waals surface area contributed by atoms with Crippen molar-refractivity contribution in [3.63, 3.8) is 0 Å². The minimum absolute atomic E-state index is 0.0549. The molecule has 1 fully saturated rings. The van der Waals surface area contributed by atoms with Gasteiger partial charge in [0.1, 0.15) is 6.26 Å². The number of terminal acetylenes is 1. The molecule has 20 heavy (non-hydrogen) atoms. The van der Waals surface area contributed by atoms with Crippen LogP contribution < -0.4 is 5.32 Å². The zero-order chi connectivity index (χ0) is 14.4. The van der Waals surface area contributed by atoms with E-state index in [-0.39, 0.29) is 11.9 Å². The number of rotatable bonds is 5. The van der Waals surface area contributed by atoms with Gasteiger partial charge >= 0.3 is 0 Å². The number of nitrogens with one attached hydrogen (secondary N) is 1. The highest BCUT2D eigenvalue weighted by molar-refractivity contribution is 5.93. The summed E-state index contributed by atoms with van der Waals surface area (Å²) in [6, 6.07) is 2.28. The average molecular weight is 274 g/mol. The summed E-state index contributed by atoms with van der Waals surface area (Å²) in [5.74, 6) is 2.86. The van der Waals surface area contributed by atoms with E-state index in [0.717, 1.165) is 38.8 Å². The fraction of sp³-hybridized carbons (Fsp3) is 0.562. The van der Waals surface area contributed by atoms with Gasteiger partial charge in [0.2, 0.25) is 0 Å². The Morgan fingerprint density at radius 3 is 2.90 bits per heavy atom. The number of furan rings is 1. The zero-order valence-corrected chi connectivity index (χ0v) is 12.0. The summed E-state index contributed by atoms with van der Waals surface area (Å²) in [6.07, 6.45) is 12.5. The molecule has 2 rings (SSSR count). The molecule has 2 heterocycles. The first-order valence-electron chi connectivity index (χ1n) is 7.28. The molecule has 0 aromatic carbocycles. The SMILES string of the molecule is C#C[C@H](CCC)NC1CCN(C(=O)c2ccoc2)CC1. The fourth-order valence-electron chi connectivity index (χ4n) is 2.61. The lowest BCUT2D eigenvalue weighted by molar-refractivity contribution is 0.0702. The van der Waals surface area contributed by atoms with Gasteiger partial charge in [-0.05, 0) is 25.3 Å². The van der Waals surface area contributed by atoms with Crippen molar-refractivity contribution in [3.8, 4) is 12.3 Å². The van der Waals surface area contributed by atoms with Gasteiger partial charge in [-0.15, -0.1) is 6.42 Å². The Kier molecular flexibility index (Phi) is 5.25. The zero-order valence-electron chi connectivity index (χ0n) is 12.0. The van der Waals surface area contributed by atoms with Gasteiger partial charge in [0.05, 0.1) is 17.9 Å². The van der Waals surface area contributed by atoms with E-state index in [1.807, 2.05) is 4.90 Å². The van der Waals surface area contributed by atoms with Gasteiger partial charge in [-0.3, -0.25) is 4.79 Å². The molecule has 0 spiro atoms. The summed E-state index contributed by atoms with van der Waals surface area (Å²) < 4.78 is 4.96. The Balaban J connectivity index is 1.81. The number of carbonyl (C=O) groups is 1. The van der Waals surface area contributed by atoms with Crippen LogP contribution in [-0.2, 0) is 0 Å². The predicted molar refractivity (Wildman–Crippen MR) is 78.3 cm³/mol. The van der Waals surface area contributed by atoms with E-state index in [1.54, 1.807) is 6.07 Å². The first kappa shape index (κ1) is 14.7. The van der Waals surface area contributed by atoms with Crippen LogP contribution in [-0.4, -0.2) is 36.0 Å². The van der Waals surface area contributed by atoms with Gasteiger partial charge in [-0.1, -0.05) is 19.3 Å². The van der Waals surface area contributed by atoms with Crippen molar-refractivity contribution >= 4 is 5.91 Å². The fourth-order valence-corrected chi connectivity index (χ4v) is 2.61. The highest BCUT2D eigenvalue weighted by Gasteiger charge is 2.24. The molecule has 0 saturated carbocycles. The second kappa shape index (κ2) is 7.16. The van der Waals surface area contributed by atoms with Crippen LogP contribution in [0, 0.1) is 12.3 Å². The van der Waals surface area contributed by atoms with Gasteiger partial charge in [0, 0.05) is 19.1 Å². The Morgan fingerprint density at radius 2 is 2.35 bits per heavy atom. The second-order valence-electron chi connectivity index (χ2n) is 5.25. The van der Waals surface area contributed by atoms with Crippen molar-refractivity contribution in [1.29, 1.82) is 0 Å². The van der Waals surface area contributed by atoms with Crippen LogP contribution >= 0.6 is 0 Å². The summed E-state index contributed by atoms with van der Waals surface area (Å²) in [4.78, 5) is 14.0. The summed E-state index contributed by atoms with van der Waals surface area (Å²) in [5, 5.41) is 3.51. The number of likely N-dealkylation sites (tertiary alicyclic amines) is 1. The summed E-state index contributed by atoms with van der Waals surface area (Å²) in [6.45, 7) is 3.67. The number of amides is 1. The normalized spacial score (nSPS) is 17.7. The molecule has 0 aliphatic carbocycles. The Labute approximate surface area is 120 Å². The van der Waals surface area contributed by atoms with Crippen LogP contribution in [0.15, 0.2) is 23.0 Å². The molecule has 1 aromatic rings. The van der Waals surface area contributed by atoms with Crippen LogP contribution in [0.25, 0.3) is 0 Å². The molecule has 1 atom stereocenters. The van der Waals surface area contributed by atoms with E-state index < -0.39 is 0 Å². The Hall–Kier alpha value is -1.73. The third-order valence-corrected chi connectivity index (χ3v) is 3.77. The Bertz CT molecular complexity index is 453. The van der Waals surface area contributed by atoms with Crippen molar-refractivity contribution < 1.29 is 9.21 Å². The molecule has 4 heteroatoms. The number of carbonyl (C=O) groups excluding carboxylic acids is 1. The smallest absolute Gasteiger partial charge is 0.257 e. The number of piperidine rings is 1. The first-order chi connectivity index (χ1) is 9.74. The number of hydrogen-bond donors (Lipinski definition) is 1. The third-order valence-electron chi connectivity index (χ3n) is 3.77. The van der Waals surface area contributed by atoms with Crippen LogP contribution in [0.1, 0.15) is 43.0 Å². The lowest BCUT2D eigenvalue weighted by Crippen LogP contribution is -2.47. The first-order valence-corrected chi connectivity index (χ1v) is 7.28. The molecule has 4 nitrogen and oxygen atoms in total. The average Bonchev–Trinajstić information content (AvgIpc) is 3.01. The number of nitrogens with zero attached hydrogens (tertiary/aromatic N) is 1. The van der Waals surface area contributed by atoms with Crippen LogP contribution in [0.2, 0.25) is 0 Å². The second-order valence-corrected chi connectivity index (χ2v) is 5.25. The van der Waals surface area contributed by atoms with Gasteiger partial charge < -0.3 is 14.6 Å². The molecule has 1 aliphatic heterocycles. The molecular formula is C16H22N2O2. The molecule has 0 unspecified atom stereocenters. The van der Waals surface area contributed by atoms with Crippen molar-refractivity contribution in [1.82, 2.24) is 10.2 Å².